The van der Waals surface area contributed by atoms with E-state index in [1.165, 1.54) is 23.3 Å². The molecule has 3 amide bonds. The Balaban J connectivity index is 0.845. The molecule has 4 fully saturated rings. The summed E-state index contributed by atoms with van der Waals surface area (Å²) in [6.45, 7) is 10.5. The lowest BCUT2D eigenvalue weighted by molar-refractivity contribution is -0.145. The second-order valence-electron chi connectivity index (χ2n) is 21.3. The number of fused-ring (bicyclic) bond motifs is 5. The molecule has 2 N–H and O–H groups in total. The van der Waals surface area contributed by atoms with Crippen LogP contribution in [0.15, 0.2) is 75.4 Å². The summed E-state index contributed by atoms with van der Waals surface area (Å²) in [5, 5.41) is 6.68. The van der Waals surface area contributed by atoms with E-state index >= 15 is 0 Å². The molecule has 0 radical (unpaired) electrons. The zero-order valence-electron chi connectivity index (χ0n) is 40.8. The van der Waals surface area contributed by atoms with E-state index in [-0.39, 0.29) is 43.0 Å². The number of carbonyl (C=O) groups is 3. The van der Waals surface area contributed by atoms with Crippen LogP contribution in [0.5, 0.6) is 0 Å². The summed E-state index contributed by atoms with van der Waals surface area (Å²) in [4.78, 5) is 69.7. The van der Waals surface area contributed by atoms with Crippen LogP contribution in [0.25, 0.3) is 38.2 Å². The highest BCUT2D eigenvalue weighted by atomic mass is 79.9. The molecule has 2 saturated carbocycles. The Morgan fingerprint density at radius 3 is 2.39 bits per heavy atom. The van der Waals surface area contributed by atoms with E-state index in [4.69, 9.17) is 9.72 Å². The molecule has 5 heterocycles. The first-order valence-electron chi connectivity index (χ1n) is 25.1. The van der Waals surface area contributed by atoms with Gasteiger partial charge in [-0.1, -0.05) is 70.0 Å². The quantitative estimate of drug-likeness (QED) is 0.110. The lowest BCUT2D eigenvalue weighted by Gasteiger charge is -2.36. The van der Waals surface area contributed by atoms with E-state index in [2.05, 4.69) is 87.9 Å². The SMILES string of the molecule is CO[C@@H]1C[C@@H](C(=O)N[C@H](CCCN2CCC(c3ccc4c(c3)n(C3CCCC3)c3nc(=O)c5c(Br)cccc5n43)CC2)c2ccc(-c3scnc3C)cc2)N(C(=O)[C@@H](NC(=O)C2(F)CC2)C(C)(C)C)C1. The van der Waals surface area contributed by atoms with E-state index in [9.17, 15) is 23.6 Å². The number of nitrogens with zero attached hydrogens (tertiary/aromatic N) is 6. The molecule has 3 aromatic heterocycles. The van der Waals surface area contributed by atoms with E-state index in [1.54, 1.807) is 18.4 Å². The molecule has 370 valence electrons. The maximum atomic E-state index is 14.9. The molecular formula is C54H64BrFN8O5S. The number of piperidine rings is 1. The summed E-state index contributed by atoms with van der Waals surface area (Å²) in [7, 11) is 1.58. The Morgan fingerprint density at radius 1 is 0.971 bits per heavy atom. The number of ether oxygens (including phenoxy) is 1. The van der Waals surface area contributed by atoms with Crippen LogP contribution < -0.4 is 16.2 Å². The number of rotatable bonds is 14. The van der Waals surface area contributed by atoms with E-state index in [0.29, 0.717) is 30.2 Å². The smallest absolute Gasteiger partial charge is 0.283 e. The molecule has 70 heavy (non-hydrogen) atoms. The van der Waals surface area contributed by atoms with Gasteiger partial charge in [0.25, 0.3) is 11.5 Å². The fourth-order valence-electron chi connectivity index (χ4n) is 11.3. The number of thiazole rings is 1. The molecule has 2 saturated heterocycles. The monoisotopic (exact) mass is 1030 g/mol. The molecule has 16 heteroatoms. The topological polar surface area (TPSA) is 143 Å². The van der Waals surface area contributed by atoms with Gasteiger partial charge >= 0.3 is 0 Å². The van der Waals surface area contributed by atoms with Crippen molar-refractivity contribution in [3.05, 3.63) is 97.8 Å². The average molecular weight is 1040 g/mol. The number of aryl methyl sites for hydroxylation is 1. The number of halogens is 2. The predicted octanol–water partition coefficient (Wildman–Crippen LogP) is 9.58. The maximum absolute atomic E-state index is 14.9. The van der Waals surface area contributed by atoms with Crippen LogP contribution >= 0.6 is 27.3 Å². The molecule has 0 bridgehead atoms. The van der Waals surface area contributed by atoms with Gasteiger partial charge in [-0.05, 0) is 146 Å². The van der Waals surface area contributed by atoms with E-state index in [1.807, 2.05) is 51.4 Å². The Labute approximate surface area is 420 Å². The van der Waals surface area contributed by atoms with Crippen molar-refractivity contribution in [2.45, 2.75) is 140 Å². The van der Waals surface area contributed by atoms with Gasteiger partial charge in [0.2, 0.25) is 17.6 Å². The van der Waals surface area contributed by atoms with Crippen LogP contribution in [0.2, 0.25) is 0 Å². The summed E-state index contributed by atoms with van der Waals surface area (Å²) in [6.07, 6.45) is 8.26. The Kier molecular flexibility index (Phi) is 13.6. The average Bonchev–Trinajstić information content (AvgIpc) is 3.83. The highest BCUT2D eigenvalue weighted by Crippen LogP contribution is 2.41. The molecule has 2 aliphatic carbocycles. The number of imidazole rings is 1. The number of hydrogen-bond acceptors (Lipinski definition) is 9. The van der Waals surface area contributed by atoms with Crippen molar-refractivity contribution in [2.75, 3.05) is 33.3 Å². The van der Waals surface area contributed by atoms with Crippen molar-refractivity contribution >= 4 is 72.7 Å². The molecule has 3 aromatic carbocycles. The van der Waals surface area contributed by atoms with E-state index in [0.717, 1.165) is 100 Å². The molecule has 10 rings (SSSR count). The van der Waals surface area contributed by atoms with Gasteiger partial charge in [0, 0.05) is 30.6 Å². The second kappa shape index (κ2) is 19.5. The van der Waals surface area contributed by atoms with Crippen LogP contribution in [0.3, 0.4) is 0 Å². The van der Waals surface area contributed by atoms with Crippen LogP contribution in [0.1, 0.15) is 126 Å². The first-order valence-corrected chi connectivity index (χ1v) is 26.8. The van der Waals surface area contributed by atoms with Crippen LogP contribution in [0.4, 0.5) is 4.39 Å². The number of nitrogens with one attached hydrogen (secondary N) is 2. The van der Waals surface area contributed by atoms with Gasteiger partial charge in [-0.2, -0.15) is 4.98 Å². The number of alkyl halides is 1. The Morgan fingerprint density at radius 2 is 1.71 bits per heavy atom. The van der Waals surface area contributed by atoms with Gasteiger partial charge in [0.15, 0.2) is 5.67 Å². The van der Waals surface area contributed by atoms with Crippen LogP contribution in [0, 0.1) is 12.3 Å². The minimum absolute atomic E-state index is 0.139. The summed E-state index contributed by atoms with van der Waals surface area (Å²) < 4.78 is 25.9. The minimum atomic E-state index is -1.94. The number of benzene rings is 3. The van der Waals surface area contributed by atoms with Crippen molar-refractivity contribution in [3.8, 4) is 10.4 Å². The summed E-state index contributed by atoms with van der Waals surface area (Å²) in [5.74, 6) is -0.351. The van der Waals surface area contributed by atoms with Gasteiger partial charge in [-0.25, -0.2) is 9.37 Å². The van der Waals surface area contributed by atoms with Crippen molar-refractivity contribution in [1.29, 1.82) is 0 Å². The van der Waals surface area contributed by atoms with Crippen molar-refractivity contribution in [2.24, 2.45) is 5.41 Å². The minimum Gasteiger partial charge on any atom is -0.380 e. The van der Waals surface area contributed by atoms with Gasteiger partial charge in [-0.3, -0.25) is 23.6 Å². The molecular weight excluding hydrogens is 972 g/mol. The molecule has 13 nitrogen and oxygen atoms in total. The molecule has 0 spiro atoms. The number of hydrogen-bond donors (Lipinski definition) is 2. The summed E-state index contributed by atoms with van der Waals surface area (Å²) in [5.41, 5.74) is 6.37. The molecule has 4 atom stereocenters. The Hall–Kier alpha value is -5.03. The van der Waals surface area contributed by atoms with Gasteiger partial charge in [0.1, 0.15) is 12.1 Å². The van der Waals surface area contributed by atoms with Crippen molar-refractivity contribution in [1.82, 2.24) is 39.4 Å². The Bertz CT molecular complexity index is 3000. The van der Waals surface area contributed by atoms with Gasteiger partial charge < -0.3 is 29.7 Å². The first kappa shape index (κ1) is 48.6. The zero-order valence-corrected chi connectivity index (χ0v) is 43.2. The number of amides is 3. The predicted molar refractivity (Wildman–Crippen MR) is 276 cm³/mol. The lowest BCUT2D eigenvalue weighted by atomic mass is 9.85. The van der Waals surface area contributed by atoms with Crippen LogP contribution in [-0.4, -0.2) is 104 Å². The molecule has 4 aliphatic rings. The largest absolute Gasteiger partial charge is 0.380 e. The standard InChI is InChI=1S/C54H64BrFN8O5S/c1-32-46(70-31-57-32)35-17-15-34(16-18-35)40(58-48(65)44-29-38(69-5)30-62(44)50(67)47(53(2,3)4)59-51(68)54(56)23-24-54)13-9-25-61-26-21-33(22-27-61)36-19-20-41-43(28-36)63(37-10-6-7-11-37)52-60-49(66)45-39(55)12-8-14-42(45)64(41)52/h8,12,14-20,28,31,33,37-38,40,44,47H,6-7,9-11,13,21-27,29-30H2,1-5H3,(H,58,65)(H,59,68)/t38-,40-,44+,47-/m1/s1. The molecule has 0 unspecified atom stereocenters. The van der Waals surface area contributed by atoms with Crippen molar-refractivity contribution < 1.29 is 23.5 Å². The molecule has 2 aliphatic heterocycles. The number of carbonyl (C=O) groups excluding carboxylic acids is 3. The third-order valence-corrected chi connectivity index (χ3v) is 17.2. The second-order valence-corrected chi connectivity index (χ2v) is 23.0. The summed E-state index contributed by atoms with van der Waals surface area (Å²) in [6, 6.07) is 19.2. The zero-order chi connectivity index (χ0) is 49.1. The lowest BCUT2D eigenvalue weighted by Crippen LogP contribution is -2.59. The van der Waals surface area contributed by atoms with Crippen molar-refractivity contribution in [3.63, 3.8) is 0 Å². The fourth-order valence-corrected chi connectivity index (χ4v) is 12.7. The fraction of sp³-hybridized carbons (Fsp3) is 0.519. The third-order valence-electron chi connectivity index (χ3n) is 15.6. The number of likely N-dealkylation sites (tertiary alicyclic amines) is 2. The van der Waals surface area contributed by atoms with Gasteiger partial charge in [0.05, 0.1) is 50.2 Å². The van der Waals surface area contributed by atoms with E-state index < -0.39 is 35.0 Å². The highest BCUT2D eigenvalue weighted by molar-refractivity contribution is 9.10. The number of methoxy groups -OCH3 is 1. The van der Waals surface area contributed by atoms with Gasteiger partial charge in [-0.15, -0.1) is 11.3 Å². The van der Waals surface area contributed by atoms with Crippen LogP contribution in [-0.2, 0) is 19.1 Å². The first-order chi connectivity index (χ1) is 33.6. The summed E-state index contributed by atoms with van der Waals surface area (Å²) >= 11 is 5.22. The molecule has 6 aromatic rings. The highest BCUT2D eigenvalue weighted by Gasteiger charge is 2.53. The maximum Gasteiger partial charge on any atom is 0.283 e. The third kappa shape index (κ3) is 9.45. The number of aromatic nitrogens is 4. The normalized spacial score (nSPS) is 20.9.